The predicted molar refractivity (Wildman–Crippen MR) is 55.9 cm³/mol. The number of nitrogens with one attached hydrogen (secondary N) is 1. The Balaban J connectivity index is 2.81. The number of amides is 1. The highest BCUT2D eigenvalue weighted by molar-refractivity contribution is 5.94. The highest BCUT2D eigenvalue weighted by Gasteiger charge is 2.16. The number of hydrogen-bond donors (Lipinski definition) is 1. The van der Waals surface area contributed by atoms with Crippen molar-refractivity contribution < 1.29 is 13.6 Å². The minimum Gasteiger partial charge on any atom is -0.349 e. The van der Waals surface area contributed by atoms with Crippen LogP contribution in [0.2, 0.25) is 0 Å². The molecule has 0 saturated carbocycles. The molecule has 86 valence electrons. The SMILES string of the molecule is C=CCC(C)NC(=O)c1ccnc(F)c1F. The molecule has 1 rings (SSSR count). The number of pyridine rings is 1. The predicted octanol–water partition coefficient (Wildman–Crippen LogP) is 2.05. The number of nitrogens with zero attached hydrogens (tertiary/aromatic N) is 1. The Hall–Kier alpha value is -1.78. The Labute approximate surface area is 92.2 Å². The van der Waals surface area contributed by atoms with Gasteiger partial charge in [0.05, 0.1) is 5.56 Å². The summed E-state index contributed by atoms with van der Waals surface area (Å²) >= 11 is 0. The third-order valence-corrected chi connectivity index (χ3v) is 1.99. The second kappa shape index (κ2) is 5.34. The average molecular weight is 226 g/mol. The largest absolute Gasteiger partial charge is 0.349 e. The summed E-state index contributed by atoms with van der Waals surface area (Å²) in [5.74, 6) is -3.16. The van der Waals surface area contributed by atoms with E-state index in [0.29, 0.717) is 6.42 Å². The van der Waals surface area contributed by atoms with E-state index in [4.69, 9.17) is 0 Å². The Bertz CT molecular complexity index is 407. The lowest BCUT2D eigenvalue weighted by molar-refractivity contribution is 0.0935. The molecule has 0 aliphatic carbocycles. The van der Waals surface area contributed by atoms with Crippen molar-refractivity contribution in [2.45, 2.75) is 19.4 Å². The number of rotatable bonds is 4. The van der Waals surface area contributed by atoms with E-state index in [1.807, 2.05) is 0 Å². The Morgan fingerprint density at radius 1 is 1.69 bits per heavy atom. The van der Waals surface area contributed by atoms with Gasteiger partial charge in [-0.1, -0.05) is 6.08 Å². The summed E-state index contributed by atoms with van der Waals surface area (Å²) in [7, 11) is 0. The maximum absolute atomic E-state index is 13.2. The Morgan fingerprint density at radius 3 is 3.00 bits per heavy atom. The van der Waals surface area contributed by atoms with E-state index in [0.717, 1.165) is 12.3 Å². The van der Waals surface area contributed by atoms with Crippen molar-refractivity contribution in [3.8, 4) is 0 Å². The van der Waals surface area contributed by atoms with Crippen molar-refractivity contribution >= 4 is 5.91 Å². The van der Waals surface area contributed by atoms with Gasteiger partial charge in [0.15, 0.2) is 5.82 Å². The van der Waals surface area contributed by atoms with Gasteiger partial charge in [-0.05, 0) is 19.4 Å². The molecule has 1 heterocycles. The fourth-order valence-electron chi connectivity index (χ4n) is 1.20. The van der Waals surface area contributed by atoms with Crippen LogP contribution in [-0.4, -0.2) is 16.9 Å². The van der Waals surface area contributed by atoms with Crippen molar-refractivity contribution in [2.24, 2.45) is 0 Å². The van der Waals surface area contributed by atoms with Crippen LogP contribution in [0.25, 0.3) is 0 Å². The van der Waals surface area contributed by atoms with E-state index in [1.165, 1.54) is 0 Å². The number of hydrogen-bond acceptors (Lipinski definition) is 2. The summed E-state index contributed by atoms with van der Waals surface area (Å²) in [5.41, 5.74) is -0.344. The summed E-state index contributed by atoms with van der Waals surface area (Å²) in [6.45, 7) is 5.26. The summed E-state index contributed by atoms with van der Waals surface area (Å²) in [6.07, 6.45) is 3.24. The summed E-state index contributed by atoms with van der Waals surface area (Å²) in [4.78, 5) is 14.6. The molecule has 0 spiro atoms. The number of carbonyl (C=O) groups excluding carboxylic acids is 1. The molecule has 0 aliphatic rings. The lowest BCUT2D eigenvalue weighted by Gasteiger charge is -2.11. The molecule has 3 nitrogen and oxygen atoms in total. The first kappa shape index (κ1) is 12.3. The normalized spacial score (nSPS) is 11.9. The van der Waals surface area contributed by atoms with Gasteiger partial charge in [0, 0.05) is 12.2 Å². The molecule has 1 aromatic rings. The zero-order chi connectivity index (χ0) is 12.1. The second-order valence-corrected chi connectivity index (χ2v) is 3.36. The standard InChI is InChI=1S/C11H12F2N2O/c1-3-4-7(2)15-11(16)8-5-6-14-10(13)9(8)12/h3,5-7H,1,4H2,2H3,(H,15,16). The molecular weight excluding hydrogens is 214 g/mol. The van der Waals surface area contributed by atoms with Crippen LogP contribution in [0.1, 0.15) is 23.7 Å². The molecule has 5 heteroatoms. The molecule has 0 aromatic carbocycles. The van der Waals surface area contributed by atoms with Crippen molar-refractivity contribution in [1.82, 2.24) is 10.3 Å². The van der Waals surface area contributed by atoms with E-state index in [9.17, 15) is 13.6 Å². The maximum atomic E-state index is 13.2. The van der Waals surface area contributed by atoms with Gasteiger partial charge in [0.1, 0.15) is 0 Å². The molecule has 0 bridgehead atoms. The molecule has 1 aromatic heterocycles. The molecule has 16 heavy (non-hydrogen) atoms. The van der Waals surface area contributed by atoms with Gasteiger partial charge >= 0.3 is 0 Å². The maximum Gasteiger partial charge on any atom is 0.254 e. The van der Waals surface area contributed by atoms with Crippen LogP contribution in [0, 0.1) is 11.8 Å². The summed E-state index contributed by atoms with van der Waals surface area (Å²) in [6, 6.07) is 0.953. The van der Waals surface area contributed by atoms with Crippen LogP contribution in [0.4, 0.5) is 8.78 Å². The number of halogens is 2. The average Bonchev–Trinajstić information content (AvgIpc) is 2.22. The summed E-state index contributed by atoms with van der Waals surface area (Å²) < 4.78 is 25.9. The Kier molecular flexibility index (Phi) is 4.10. The number of aromatic nitrogens is 1. The zero-order valence-electron chi connectivity index (χ0n) is 8.84. The van der Waals surface area contributed by atoms with Gasteiger partial charge in [-0.25, -0.2) is 9.37 Å². The second-order valence-electron chi connectivity index (χ2n) is 3.36. The zero-order valence-corrected chi connectivity index (χ0v) is 8.84. The molecule has 0 fully saturated rings. The van der Waals surface area contributed by atoms with Crippen molar-refractivity contribution in [3.05, 3.63) is 42.2 Å². The van der Waals surface area contributed by atoms with Crippen LogP contribution in [0.3, 0.4) is 0 Å². The molecule has 1 amide bonds. The van der Waals surface area contributed by atoms with Gasteiger partial charge in [0.25, 0.3) is 5.91 Å². The van der Waals surface area contributed by atoms with E-state index < -0.39 is 17.7 Å². The van der Waals surface area contributed by atoms with Gasteiger partial charge in [0.2, 0.25) is 5.95 Å². The first-order valence-electron chi connectivity index (χ1n) is 4.78. The van der Waals surface area contributed by atoms with E-state index in [1.54, 1.807) is 13.0 Å². The first-order valence-corrected chi connectivity index (χ1v) is 4.78. The van der Waals surface area contributed by atoms with Crippen molar-refractivity contribution in [3.63, 3.8) is 0 Å². The van der Waals surface area contributed by atoms with Gasteiger partial charge in [-0.2, -0.15) is 4.39 Å². The van der Waals surface area contributed by atoms with Crippen LogP contribution >= 0.6 is 0 Å². The lowest BCUT2D eigenvalue weighted by atomic mass is 10.2. The summed E-state index contributed by atoms with van der Waals surface area (Å²) in [5, 5.41) is 2.52. The fourth-order valence-corrected chi connectivity index (χ4v) is 1.20. The van der Waals surface area contributed by atoms with Gasteiger partial charge in [-0.3, -0.25) is 4.79 Å². The molecule has 1 N–H and O–H groups in total. The van der Waals surface area contributed by atoms with Crippen molar-refractivity contribution in [2.75, 3.05) is 0 Å². The first-order chi connectivity index (χ1) is 7.56. The van der Waals surface area contributed by atoms with E-state index in [2.05, 4.69) is 16.9 Å². The molecule has 0 radical (unpaired) electrons. The molecule has 0 saturated heterocycles. The highest BCUT2D eigenvalue weighted by atomic mass is 19.2. The third-order valence-electron chi connectivity index (χ3n) is 1.99. The van der Waals surface area contributed by atoms with E-state index >= 15 is 0 Å². The highest BCUT2D eigenvalue weighted by Crippen LogP contribution is 2.09. The molecule has 0 aliphatic heterocycles. The van der Waals surface area contributed by atoms with Crippen molar-refractivity contribution in [1.29, 1.82) is 0 Å². The molecule has 1 unspecified atom stereocenters. The number of carbonyl (C=O) groups is 1. The van der Waals surface area contributed by atoms with Crippen LogP contribution in [0.5, 0.6) is 0 Å². The van der Waals surface area contributed by atoms with Crippen LogP contribution in [0.15, 0.2) is 24.9 Å². The minimum absolute atomic E-state index is 0.180. The molecular formula is C11H12F2N2O. The topological polar surface area (TPSA) is 42.0 Å². The monoisotopic (exact) mass is 226 g/mol. The van der Waals surface area contributed by atoms with E-state index in [-0.39, 0.29) is 11.6 Å². The smallest absolute Gasteiger partial charge is 0.254 e. The van der Waals surface area contributed by atoms with Gasteiger partial charge in [-0.15, -0.1) is 6.58 Å². The Morgan fingerprint density at radius 2 is 2.38 bits per heavy atom. The third kappa shape index (κ3) is 2.85. The van der Waals surface area contributed by atoms with Crippen LogP contribution < -0.4 is 5.32 Å². The van der Waals surface area contributed by atoms with Gasteiger partial charge < -0.3 is 5.32 Å². The minimum atomic E-state index is -1.27. The fraction of sp³-hybridized carbons (Fsp3) is 0.273. The molecule has 1 atom stereocenters. The lowest BCUT2D eigenvalue weighted by Crippen LogP contribution is -2.32. The quantitative estimate of drug-likeness (QED) is 0.630. The van der Waals surface area contributed by atoms with Crippen LogP contribution in [-0.2, 0) is 0 Å².